The van der Waals surface area contributed by atoms with Gasteiger partial charge < -0.3 is 4.42 Å². The van der Waals surface area contributed by atoms with E-state index >= 15 is 0 Å². The normalized spacial score (nSPS) is 12.9. The van der Waals surface area contributed by atoms with Crippen molar-refractivity contribution in [1.29, 1.82) is 0 Å². The minimum atomic E-state index is 0.266. The molecule has 0 saturated carbocycles. The first-order valence-electron chi connectivity index (χ1n) is 6.32. The highest BCUT2D eigenvalue weighted by Gasteiger charge is 2.16. The van der Waals surface area contributed by atoms with Gasteiger partial charge in [-0.15, -0.1) is 11.3 Å². The molecule has 0 bridgehead atoms. The van der Waals surface area contributed by atoms with E-state index in [1.807, 2.05) is 12.1 Å². The fourth-order valence-corrected chi connectivity index (χ4v) is 4.13. The Balaban J connectivity index is 1.84. The molecular weight excluding hydrogens is 322 g/mol. The first-order chi connectivity index (χ1) is 9.28. The quantitative estimate of drug-likeness (QED) is 0.617. The SMILES string of the molecule is CCc1occc1C(Br)Cc1nc2ccccc2s1. The van der Waals surface area contributed by atoms with Crippen LogP contribution >= 0.6 is 27.3 Å². The maximum absolute atomic E-state index is 5.48. The van der Waals surface area contributed by atoms with Gasteiger partial charge in [0, 0.05) is 23.2 Å². The lowest BCUT2D eigenvalue weighted by Crippen LogP contribution is -1.96. The summed E-state index contributed by atoms with van der Waals surface area (Å²) in [6.07, 6.45) is 3.58. The molecule has 0 aliphatic rings. The molecule has 0 aliphatic heterocycles. The van der Waals surface area contributed by atoms with Gasteiger partial charge in [-0.3, -0.25) is 0 Å². The van der Waals surface area contributed by atoms with Gasteiger partial charge in [-0.05, 0) is 18.2 Å². The van der Waals surface area contributed by atoms with Crippen LogP contribution in [0.4, 0.5) is 0 Å². The minimum Gasteiger partial charge on any atom is -0.469 e. The zero-order valence-electron chi connectivity index (χ0n) is 10.6. The predicted molar refractivity (Wildman–Crippen MR) is 83.1 cm³/mol. The van der Waals surface area contributed by atoms with Gasteiger partial charge in [-0.25, -0.2) is 4.98 Å². The summed E-state index contributed by atoms with van der Waals surface area (Å²) >= 11 is 5.52. The van der Waals surface area contributed by atoms with E-state index in [0.29, 0.717) is 0 Å². The van der Waals surface area contributed by atoms with Crippen molar-refractivity contribution >= 4 is 37.5 Å². The Morgan fingerprint density at radius 3 is 2.95 bits per heavy atom. The third kappa shape index (κ3) is 2.60. The van der Waals surface area contributed by atoms with Crippen LogP contribution in [0.3, 0.4) is 0 Å². The van der Waals surface area contributed by atoms with Gasteiger partial charge in [0.2, 0.25) is 0 Å². The number of hydrogen-bond donors (Lipinski definition) is 0. The molecule has 0 aliphatic carbocycles. The minimum absolute atomic E-state index is 0.266. The van der Waals surface area contributed by atoms with E-state index in [1.165, 1.54) is 10.3 Å². The van der Waals surface area contributed by atoms with Gasteiger partial charge in [0.25, 0.3) is 0 Å². The Bertz CT molecular complexity index is 655. The number of nitrogens with zero attached hydrogens (tertiary/aromatic N) is 1. The second kappa shape index (κ2) is 5.47. The van der Waals surface area contributed by atoms with Crippen molar-refractivity contribution in [1.82, 2.24) is 4.98 Å². The van der Waals surface area contributed by atoms with Gasteiger partial charge in [-0.1, -0.05) is 35.0 Å². The number of para-hydroxylation sites is 1. The number of benzene rings is 1. The Labute approximate surface area is 124 Å². The molecule has 98 valence electrons. The van der Waals surface area contributed by atoms with Crippen molar-refractivity contribution in [3.8, 4) is 0 Å². The topological polar surface area (TPSA) is 26.0 Å². The molecule has 1 unspecified atom stereocenters. The largest absolute Gasteiger partial charge is 0.469 e. The summed E-state index contributed by atoms with van der Waals surface area (Å²) in [4.78, 5) is 4.94. The van der Waals surface area contributed by atoms with Crippen LogP contribution in [0.1, 0.15) is 28.1 Å². The predicted octanol–water partition coefficient (Wildman–Crippen LogP) is 5.13. The first-order valence-corrected chi connectivity index (χ1v) is 8.06. The van der Waals surface area contributed by atoms with E-state index < -0.39 is 0 Å². The van der Waals surface area contributed by atoms with E-state index in [9.17, 15) is 0 Å². The lowest BCUT2D eigenvalue weighted by Gasteiger charge is -2.07. The highest BCUT2D eigenvalue weighted by molar-refractivity contribution is 9.09. The molecule has 19 heavy (non-hydrogen) atoms. The number of fused-ring (bicyclic) bond motifs is 1. The van der Waals surface area contributed by atoms with Crippen molar-refractivity contribution in [2.24, 2.45) is 0 Å². The van der Waals surface area contributed by atoms with Crippen molar-refractivity contribution in [2.45, 2.75) is 24.6 Å². The monoisotopic (exact) mass is 335 g/mol. The maximum Gasteiger partial charge on any atom is 0.107 e. The van der Waals surface area contributed by atoms with Gasteiger partial charge in [0.05, 0.1) is 21.5 Å². The first kappa shape index (κ1) is 12.9. The van der Waals surface area contributed by atoms with Crippen LogP contribution in [0.5, 0.6) is 0 Å². The molecule has 1 atom stereocenters. The number of aromatic nitrogens is 1. The third-order valence-electron chi connectivity index (χ3n) is 3.13. The Morgan fingerprint density at radius 2 is 2.16 bits per heavy atom. The van der Waals surface area contributed by atoms with E-state index in [4.69, 9.17) is 4.42 Å². The van der Waals surface area contributed by atoms with E-state index in [2.05, 4.69) is 46.0 Å². The number of alkyl halides is 1. The molecule has 2 heterocycles. The van der Waals surface area contributed by atoms with Crippen LogP contribution in [0.25, 0.3) is 10.2 Å². The molecule has 3 aromatic rings. The lowest BCUT2D eigenvalue weighted by molar-refractivity contribution is 0.511. The molecule has 3 rings (SSSR count). The van der Waals surface area contributed by atoms with Gasteiger partial charge in [0.1, 0.15) is 5.76 Å². The summed E-state index contributed by atoms with van der Waals surface area (Å²) in [7, 11) is 0. The molecule has 2 nitrogen and oxygen atoms in total. The van der Waals surface area contributed by atoms with Crippen LogP contribution in [-0.2, 0) is 12.8 Å². The average molecular weight is 336 g/mol. The summed E-state index contributed by atoms with van der Waals surface area (Å²) in [5.41, 5.74) is 2.33. The molecule has 0 N–H and O–H groups in total. The molecule has 0 fully saturated rings. The number of hydrogen-bond acceptors (Lipinski definition) is 3. The highest BCUT2D eigenvalue weighted by Crippen LogP contribution is 2.33. The third-order valence-corrected chi connectivity index (χ3v) is 5.01. The molecule has 0 spiro atoms. The average Bonchev–Trinajstić information content (AvgIpc) is 3.03. The number of rotatable bonds is 4. The summed E-state index contributed by atoms with van der Waals surface area (Å²) in [5, 5.41) is 1.16. The van der Waals surface area contributed by atoms with Crippen LogP contribution in [0.15, 0.2) is 41.0 Å². The molecule has 1 aromatic carbocycles. The standard InChI is InChI=1S/C15H14BrNOS/c1-2-13-10(7-8-18-13)11(16)9-15-17-12-5-3-4-6-14(12)19-15/h3-8,11H,2,9H2,1H3. The van der Waals surface area contributed by atoms with E-state index in [1.54, 1.807) is 17.6 Å². The number of aryl methyl sites for hydroxylation is 1. The van der Waals surface area contributed by atoms with Gasteiger partial charge >= 0.3 is 0 Å². The summed E-state index contributed by atoms with van der Waals surface area (Å²) in [6.45, 7) is 2.11. The van der Waals surface area contributed by atoms with Crippen LogP contribution in [0, 0.1) is 0 Å². The fourth-order valence-electron chi connectivity index (χ4n) is 2.19. The molecule has 2 aromatic heterocycles. The van der Waals surface area contributed by atoms with Gasteiger partial charge in [-0.2, -0.15) is 0 Å². The van der Waals surface area contributed by atoms with Crippen molar-refractivity contribution in [3.05, 3.63) is 52.9 Å². The maximum atomic E-state index is 5.48. The van der Waals surface area contributed by atoms with Crippen molar-refractivity contribution in [2.75, 3.05) is 0 Å². The highest BCUT2D eigenvalue weighted by atomic mass is 79.9. The van der Waals surface area contributed by atoms with Crippen LogP contribution in [0.2, 0.25) is 0 Å². The number of furan rings is 1. The Morgan fingerprint density at radius 1 is 1.32 bits per heavy atom. The van der Waals surface area contributed by atoms with Crippen LogP contribution < -0.4 is 0 Å². The summed E-state index contributed by atoms with van der Waals surface area (Å²) in [5.74, 6) is 1.06. The molecule has 0 saturated heterocycles. The van der Waals surface area contributed by atoms with Crippen molar-refractivity contribution in [3.63, 3.8) is 0 Å². The Kier molecular flexibility index (Phi) is 3.71. The molecule has 0 radical (unpaired) electrons. The van der Waals surface area contributed by atoms with Gasteiger partial charge in [0.15, 0.2) is 0 Å². The molecule has 4 heteroatoms. The van der Waals surface area contributed by atoms with E-state index in [-0.39, 0.29) is 4.83 Å². The fraction of sp³-hybridized carbons (Fsp3) is 0.267. The zero-order chi connectivity index (χ0) is 13.2. The van der Waals surface area contributed by atoms with Crippen LogP contribution in [-0.4, -0.2) is 4.98 Å². The smallest absolute Gasteiger partial charge is 0.107 e. The lowest BCUT2D eigenvalue weighted by atomic mass is 10.1. The van der Waals surface area contributed by atoms with E-state index in [0.717, 1.165) is 29.1 Å². The zero-order valence-corrected chi connectivity index (χ0v) is 13.0. The number of halogens is 1. The second-order valence-corrected chi connectivity index (χ2v) is 6.62. The number of thiazole rings is 1. The summed E-state index contributed by atoms with van der Waals surface area (Å²) in [6, 6.07) is 10.3. The molecular formula is C15H14BrNOS. The second-order valence-electron chi connectivity index (χ2n) is 4.40. The summed E-state index contributed by atoms with van der Waals surface area (Å²) < 4.78 is 6.73. The van der Waals surface area contributed by atoms with Crippen molar-refractivity contribution < 1.29 is 4.42 Å². The molecule has 0 amide bonds. The Hall–Kier alpha value is -1.13.